The Morgan fingerprint density at radius 2 is 2.23 bits per heavy atom. The second kappa shape index (κ2) is 4.39. The molecule has 0 aromatic rings. The molecule has 2 atom stereocenters. The van der Waals surface area contributed by atoms with Crippen LogP contribution in [0.3, 0.4) is 0 Å². The van der Waals surface area contributed by atoms with Gasteiger partial charge in [-0.3, -0.25) is 0 Å². The zero-order valence-corrected chi connectivity index (χ0v) is 8.22. The molecule has 0 saturated carbocycles. The maximum absolute atomic E-state index is 7.26. The average Bonchev–Trinajstić information content (AvgIpc) is 2.04. The van der Waals surface area contributed by atoms with Gasteiger partial charge in [-0.05, 0) is 13.8 Å². The molecule has 0 amide bonds. The van der Waals surface area contributed by atoms with Gasteiger partial charge in [0.2, 0.25) is 0 Å². The molecule has 0 radical (unpaired) electrons. The Balaban J connectivity index is 2.69. The molecule has 4 heteroatoms. The van der Waals surface area contributed by atoms with Gasteiger partial charge in [-0.15, -0.1) is 0 Å². The van der Waals surface area contributed by atoms with Gasteiger partial charge >= 0.3 is 0 Å². The predicted molar refractivity (Wildman–Crippen MR) is 54.9 cm³/mol. The minimum Gasteiger partial charge on any atom is -0.402 e. The largest absolute Gasteiger partial charge is 0.402 e. The molecule has 1 rings (SSSR count). The van der Waals surface area contributed by atoms with Gasteiger partial charge < -0.3 is 21.8 Å². The van der Waals surface area contributed by atoms with E-state index in [4.69, 9.17) is 11.1 Å². The maximum Gasteiger partial charge on any atom is 0.0481 e. The Hall–Kier alpha value is -0.870. The highest BCUT2D eigenvalue weighted by atomic mass is 15.1. The molecule has 2 unspecified atom stereocenters. The first-order chi connectivity index (χ1) is 6.15. The molecule has 13 heavy (non-hydrogen) atoms. The van der Waals surface area contributed by atoms with Crippen LogP contribution in [0.4, 0.5) is 0 Å². The van der Waals surface area contributed by atoms with E-state index < -0.39 is 0 Å². The molecule has 1 aliphatic heterocycles. The van der Waals surface area contributed by atoms with E-state index in [1.165, 1.54) is 6.21 Å². The average molecular weight is 182 g/mol. The van der Waals surface area contributed by atoms with Crippen LogP contribution in [-0.4, -0.2) is 31.4 Å². The molecule has 1 saturated heterocycles. The third-order valence-corrected chi connectivity index (χ3v) is 2.27. The van der Waals surface area contributed by atoms with Crippen molar-refractivity contribution < 1.29 is 0 Å². The first-order valence-corrected chi connectivity index (χ1v) is 4.58. The fourth-order valence-electron chi connectivity index (χ4n) is 1.59. The minimum atomic E-state index is 0.186. The monoisotopic (exact) mass is 182 g/mol. The summed E-state index contributed by atoms with van der Waals surface area (Å²) >= 11 is 0. The van der Waals surface area contributed by atoms with E-state index in [9.17, 15) is 0 Å². The second-order valence-corrected chi connectivity index (χ2v) is 3.56. The van der Waals surface area contributed by atoms with Gasteiger partial charge in [0.05, 0.1) is 0 Å². The summed E-state index contributed by atoms with van der Waals surface area (Å²) in [7, 11) is 0. The Morgan fingerprint density at radius 3 is 2.69 bits per heavy atom. The van der Waals surface area contributed by atoms with E-state index in [0.717, 1.165) is 24.4 Å². The van der Waals surface area contributed by atoms with Crippen LogP contribution in [0.1, 0.15) is 13.8 Å². The van der Waals surface area contributed by atoms with Crippen LogP contribution in [-0.2, 0) is 0 Å². The molecule has 0 aromatic heterocycles. The maximum atomic E-state index is 7.26. The number of hydrogen-bond acceptors (Lipinski definition) is 4. The third kappa shape index (κ3) is 2.54. The highest BCUT2D eigenvalue weighted by molar-refractivity contribution is 5.78. The van der Waals surface area contributed by atoms with E-state index in [2.05, 4.69) is 17.6 Å². The lowest BCUT2D eigenvalue weighted by Crippen LogP contribution is -2.54. The molecular formula is C9H18N4. The van der Waals surface area contributed by atoms with Crippen LogP contribution in [0.5, 0.6) is 0 Å². The quantitative estimate of drug-likeness (QED) is 0.448. The summed E-state index contributed by atoms with van der Waals surface area (Å²) in [5, 5.41) is 14.0. The van der Waals surface area contributed by atoms with Gasteiger partial charge in [-0.25, -0.2) is 0 Å². The lowest BCUT2D eigenvalue weighted by atomic mass is 10.0. The summed E-state index contributed by atoms with van der Waals surface area (Å²) in [6.07, 6.45) is 1.34. The Kier molecular flexibility index (Phi) is 3.45. The predicted octanol–water partition coefficient (Wildman–Crippen LogP) is -0.181. The fourth-order valence-corrected chi connectivity index (χ4v) is 1.59. The standard InChI is InChI=1S/C9H18N4/c1-6-4-12-5-9(13-6)8(3-10)7(2)11/h3,6,9-10,12-13H,4-5,11H2,1-2H3. The number of piperazine rings is 1. The minimum absolute atomic E-state index is 0.186. The molecule has 5 N–H and O–H groups in total. The van der Waals surface area contributed by atoms with Crippen LogP contribution in [0.15, 0.2) is 11.3 Å². The zero-order chi connectivity index (χ0) is 9.84. The van der Waals surface area contributed by atoms with Crippen molar-refractivity contribution in [3.8, 4) is 0 Å². The van der Waals surface area contributed by atoms with Crippen molar-refractivity contribution >= 4 is 6.21 Å². The topological polar surface area (TPSA) is 73.9 Å². The van der Waals surface area contributed by atoms with Gasteiger partial charge in [0.15, 0.2) is 0 Å². The lowest BCUT2D eigenvalue weighted by Gasteiger charge is -2.30. The van der Waals surface area contributed by atoms with E-state index in [1.54, 1.807) is 0 Å². The highest BCUT2D eigenvalue weighted by Crippen LogP contribution is 2.06. The molecule has 1 fully saturated rings. The fraction of sp³-hybridized carbons (Fsp3) is 0.667. The second-order valence-electron chi connectivity index (χ2n) is 3.56. The molecule has 4 nitrogen and oxygen atoms in total. The van der Waals surface area contributed by atoms with Crippen LogP contribution < -0.4 is 16.4 Å². The normalized spacial score (nSPS) is 30.9. The number of allylic oxidation sites excluding steroid dienone is 1. The Morgan fingerprint density at radius 1 is 1.54 bits per heavy atom. The molecule has 0 spiro atoms. The van der Waals surface area contributed by atoms with Crippen molar-refractivity contribution in [1.29, 1.82) is 5.41 Å². The van der Waals surface area contributed by atoms with Crippen molar-refractivity contribution in [3.05, 3.63) is 11.3 Å². The van der Waals surface area contributed by atoms with Crippen LogP contribution in [0.2, 0.25) is 0 Å². The van der Waals surface area contributed by atoms with Crippen LogP contribution in [0, 0.1) is 5.41 Å². The summed E-state index contributed by atoms with van der Waals surface area (Å²) < 4.78 is 0. The van der Waals surface area contributed by atoms with E-state index in [-0.39, 0.29) is 6.04 Å². The Labute approximate surface area is 79.1 Å². The summed E-state index contributed by atoms with van der Waals surface area (Å²) in [6.45, 7) is 5.78. The molecule has 0 bridgehead atoms. The van der Waals surface area contributed by atoms with E-state index in [1.807, 2.05) is 6.92 Å². The number of rotatable bonds is 2. The lowest BCUT2D eigenvalue weighted by molar-refractivity contribution is 0.387. The number of nitrogens with two attached hydrogens (primary N) is 1. The summed E-state index contributed by atoms with van der Waals surface area (Å²) in [6, 6.07) is 0.624. The van der Waals surface area contributed by atoms with Crippen molar-refractivity contribution in [2.45, 2.75) is 25.9 Å². The smallest absolute Gasteiger partial charge is 0.0481 e. The van der Waals surface area contributed by atoms with E-state index in [0.29, 0.717) is 6.04 Å². The first kappa shape index (κ1) is 10.2. The van der Waals surface area contributed by atoms with Gasteiger partial charge in [0.1, 0.15) is 0 Å². The van der Waals surface area contributed by atoms with Crippen molar-refractivity contribution in [1.82, 2.24) is 10.6 Å². The zero-order valence-electron chi connectivity index (χ0n) is 8.22. The Bertz CT molecular complexity index is 218. The van der Waals surface area contributed by atoms with Gasteiger partial charge in [0.25, 0.3) is 0 Å². The van der Waals surface area contributed by atoms with E-state index >= 15 is 0 Å². The summed E-state index contributed by atoms with van der Waals surface area (Å²) in [5.41, 5.74) is 7.30. The first-order valence-electron chi connectivity index (χ1n) is 4.58. The molecule has 1 aliphatic rings. The third-order valence-electron chi connectivity index (χ3n) is 2.27. The highest BCUT2D eigenvalue weighted by Gasteiger charge is 2.20. The van der Waals surface area contributed by atoms with Crippen LogP contribution in [0.25, 0.3) is 0 Å². The van der Waals surface area contributed by atoms with Crippen molar-refractivity contribution in [3.63, 3.8) is 0 Å². The molecule has 74 valence electrons. The van der Waals surface area contributed by atoms with Crippen LogP contribution >= 0.6 is 0 Å². The van der Waals surface area contributed by atoms with Gasteiger partial charge in [-0.2, -0.15) is 0 Å². The number of nitrogens with one attached hydrogen (secondary N) is 3. The van der Waals surface area contributed by atoms with Gasteiger partial charge in [0, 0.05) is 42.7 Å². The van der Waals surface area contributed by atoms with Crippen molar-refractivity contribution in [2.24, 2.45) is 5.73 Å². The molecule has 0 aromatic carbocycles. The molecule has 0 aliphatic carbocycles. The number of hydrogen-bond donors (Lipinski definition) is 4. The van der Waals surface area contributed by atoms with Gasteiger partial charge in [-0.1, -0.05) is 0 Å². The molecular weight excluding hydrogens is 164 g/mol. The molecule has 1 heterocycles. The SMILES string of the molecule is CC(N)=C(C=N)C1CNCC(C)N1. The van der Waals surface area contributed by atoms with Crippen molar-refractivity contribution in [2.75, 3.05) is 13.1 Å². The summed E-state index contributed by atoms with van der Waals surface area (Å²) in [4.78, 5) is 0. The summed E-state index contributed by atoms with van der Waals surface area (Å²) in [5.74, 6) is 0.